The van der Waals surface area contributed by atoms with E-state index in [-0.39, 0.29) is 18.1 Å². The van der Waals surface area contributed by atoms with Gasteiger partial charge in [-0.05, 0) is 35.8 Å². The van der Waals surface area contributed by atoms with Crippen molar-refractivity contribution in [1.82, 2.24) is 5.32 Å². The molecule has 0 aliphatic carbocycles. The summed E-state index contributed by atoms with van der Waals surface area (Å²) in [5.41, 5.74) is 1.41. The summed E-state index contributed by atoms with van der Waals surface area (Å²) in [6.07, 6.45) is 2.07. The number of cyclic esters (lactones) is 2. The van der Waals surface area contributed by atoms with E-state index >= 15 is 0 Å². The highest BCUT2D eigenvalue weighted by Crippen LogP contribution is 2.30. The van der Waals surface area contributed by atoms with Gasteiger partial charge in [-0.2, -0.15) is 0 Å². The van der Waals surface area contributed by atoms with Crippen LogP contribution in [0.15, 0.2) is 54.1 Å². The van der Waals surface area contributed by atoms with Crippen LogP contribution in [0.5, 0.6) is 11.5 Å². The lowest BCUT2D eigenvalue weighted by Crippen LogP contribution is -2.41. The van der Waals surface area contributed by atoms with E-state index in [1.54, 1.807) is 18.2 Å². The second kappa shape index (κ2) is 10.00. The minimum atomic E-state index is -1.30. The number of ether oxygens (including phenoxy) is 4. The average Bonchev–Trinajstić information content (AvgIpc) is 2.75. The molecular formula is C24H25NO7. The normalized spacial score (nSPS) is 14.8. The van der Waals surface area contributed by atoms with Crippen molar-refractivity contribution in [3.05, 3.63) is 65.2 Å². The lowest BCUT2D eigenvalue weighted by molar-refractivity contribution is -0.222. The summed E-state index contributed by atoms with van der Waals surface area (Å²) in [4.78, 5) is 36.3. The average molecular weight is 439 g/mol. The molecule has 1 fully saturated rings. The molecule has 8 heteroatoms. The zero-order valence-electron chi connectivity index (χ0n) is 18.2. The van der Waals surface area contributed by atoms with Gasteiger partial charge >= 0.3 is 11.9 Å². The maximum atomic E-state index is 12.1. The molecule has 0 spiro atoms. The molecule has 168 valence electrons. The van der Waals surface area contributed by atoms with E-state index in [4.69, 9.17) is 18.9 Å². The Kier molecular flexibility index (Phi) is 7.14. The Balaban J connectivity index is 1.58. The number of carbonyl (C=O) groups excluding carboxylic acids is 3. The van der Waals surface area contributed by atoms with E-state index in [9.17, 15) is 14.4 Å². The highest BCUT2D eigenvalue weighted by molar-refractivity contribution is 6.18. The Morgan fingerprint density at radius 1 is 1.03 bits per heavy atom. The predicted octanol–water partition coefficient (Wildman–Crippen LogP) is 2.65. The molecule has 32 heavy (non-hydrogen) atoms. The largest absolute Gasteiger partial charge is 0.493 e. The van der Waals surface area contributed by atoms with E-state index in [0.717, 1.165) is 12.0 Å². The van der Waals surface area contributed by atoms with E-state index < -0.39 is 17.7 Å². The third kappa shape index (κ3) is 6.10. The van der Waals surface area contributed by atoms with E-state index in [1.807, 2.05) is 30.3 Å². The molecule has 0 unspecified atom stereocenters. The van der Waals surface area contributed by atoms with Crippen molar-refractivity contribution in [2.45, 2.75) is 26.1 Å². The minimum Gasteiger partial charge on any atom is -0.493 e. The van der Waals surface area contributed by atoms with Crippen molar-refractivity contribution in [1.29, 1.82) is 0 Å². The molecule has 0 saturated carbocycles. The first-order valence-corrected chi connectivity index (χ1v) is 10.1. The van der Waals surface area contributed by atoms with Crippen LogP contribution in [0.3, 0.4) is 0 Å². The van der Waals surface area contributed by atoms with Crippen molar-refractivity contribution in [2.24, 2.45) is 0 Å². The van der Waals surface area contributed by atoms with Gasteiger partial charge in [-0.15, -0.1) is 0 Å². The maximum absolute atomic E-state index is 12.1. The Hall–Kier alpha value is -3.81. The Bertz CT molecular complexity index is 1010. The summed E-state index contributed by atoms with van der Waals surface area (Å²) >= 11 is 0. The maximum Gasteiger partial charge on any atom is 0.348 e. The molecular weight excluding hydrogens is 414 g/mol. The summed E-state index contributed by atoms with van der Waals surface area (Å²) in [5, 5.41) is 2.80. The standard InChI is InChI=1S/C24H25NO7/c1-24(2)31-22(27)18(23(28)32-24)13-17-9-10-19(20(14-17)29-3)30-15-21(26)25-12-11-16-7-5-4-6-8-16/h4-10,13-14H,11-12,15H2,1-3H3,(H,25,26). The molecule has 0 aromatic heterocycles. The highest BCUT2D eigenvalue weighted by atomic mass is 16.7. The molecule has 8 nitrogen and oxygen atoms in total. The second-order valence-electron chi connectivity index (χ2n) is 7.52. The molecule has 0 radical (unpaired) electrons. The van der Waals surface area contributed by atoms with Crippen LogP contribution < -0.4 is 14.8 Å². The zero-order valence-corrected chi connectivity index (χ0v) is 18.2. The molecule has 1 N–H and O–H groups in total. The first-order valence-electron chi connectivity index (χ1n) is 10.1. The fourth-order valence-corrected chi connectivity index (χ4v) is 3.02. The van der Waals surface area contributed by atoms with Gasteiger partial charge in [0, 0.05) is 20.4 Å². The van der Waals surface area contributed by atoms with Crippen molar-refractivity contribution in [2.75, 3.05) is 20.3 Å². The smallest absolute Gasteiger partial charge is 0.348 e. The molecule has 1 saturated heterocycles. The molecule has 1 amide bonds. The van der Waals surface area contributed by atoms with Gasteiger partial charge in [0.05, 0.1) is 7.11 Å². The Labute approximate surface area is 186 Å². The number of rotatable bonds is 8. The number of amides is 1. The highest BCUT2D eigenvalue weighted by Gasteiger charge is 2.38. The number of esters is 2. The summed E-state index contributed by atoms with van der Waals surface area (Å²) in [7, 11) is 1.45. The topological polar surface area (TPSA) is 100 Å². The fraction of sp³-hybridized carbons (Fsp3) is 0.292. The Morgan fingerprint density at radius 3 is 2.38 bits per heavy atom. The zero-order chi connectivity index (χ0) is 23.1. The summed E-state index contributed by atoms with van der Waals surface area (Å²) in [6, 6.07) is 14.6. The quantitative estimate of drug-likeness (QED) is 0.383. The molecule has 3 rings (SSSR count). The van der Waals surface area contributed by atoms with E-state index in [1.165, 1.54) is 27.0 Å². The molecule has 1 aliphatic heterocycles. The summed E-state index contributed by atoms with van der Waals surface area (Å²) in [6.45, 7) is 3.28. The lowest BCUT2D eigenvalue weighted by atomic mass is 10.1. The van der Waals surface area contributed by atoms with Gasteiger partial charge in [0.2, 0.25) is 0 Å². The number of benzene rings is 2. The second-order valence-corrected chi connectivity index (χ2v) is 7.52. The molecule has 1 aliphatic rings. The molecule has 1 heterocycles. The monoisotopic (exact) mass is 439 g/mol. The number of carbonyl (C=O) groups is 3. The van der Waals surface area contributed by atoms with Crippen molar-refractivity contribution in [3.63, 3.8) is 0 Å². The number of hydrogen-bond donors (Lipinski definition) is 1. The third-order valence-corrected chi connectivity index (χ3v) is 4.55. The third-order valence-electron chi connectivity index (χ3n) is 4.55. The van der Waals surface area contributed by atoms with E-state index in [0.29, 0.717) is 23.6 Å². The first-order chi connectivity index (χ1) is 15.3. The van der Waals surface area contributed by atoms with Crippen LogP contribution in [0.2, 0.25) is 0 Å². The number of hydrogen-bond acceptors (Lipinski definition) is 7. The van der Waals surface area contributed by atoms with E-state index in [2.05, 4.69) is 5.32 Å². The molecule has 0 bridgehead atoms. The first kappa shape index (κ1) is 22.9. The molecule has 2 aromatic carbocycles. The SMILES string of the molecule is COc1cc(C=C2C(=O)OC(C)(C)OC2=O)ccc1OCC(=O)NCCc1ccccc1. The predicted molar refractivity (Wildman–Crippen MR) is 116 cm³/mol. The molecule has 0 atom stereocenters. The number of methoxy groups -OCH3 is 1. The van der Waals surface area contributed by atoms with Crippen LogP contribution >= 0.6 is 0 Å². The lowest BCUT2D eigenvalue weighted by Gasteiger charge is -2.29. The van der Waals surface area contributed by atoms with Gasteiger partial charge < -0.3 is 24.3 Å². The Morgan fingerprint density at radius 2 is 1.72 bits per heavy atom. The van der Waals surface area contributed by atoms with Gasteiger partial charge in [-0.3, -0.25) is 4.79 Å². The van der Waals surface area contributed by atoms with Crippen molar-refractivity contribution in [3.8, 4) is 11.5 Å². The summed E-state index contributed by atoms with van der Waals surface area (Å²) < 4.78 is 21.0. The van der Waals surface area contributed by atoms with Crippen LogP contribution in [0, 0.1) is 0 Å². The molecule has 2 aromatic rings. The van der Waals surface area contributed by atoms with Crippen LogP contribution in [0.4, 0.5) is 0 Å². The number of nitrogens with one attached hydrogen (secondary N) is 1. The summed E-state index contributed by atoms with van der Waals surface area (Å²) in [5.74, 6) is -2.40. The van der Waals surface area contributed by atoms with Gasteiger partial charge in [-0.1, -0.05) is 36.4 Å². The van der Waals surface area contributed by atoms with Gasteiger partial charge in [0.25, 0.3) is 11.7 Å². The van der Waals surface area contributed by atoms with Crippen molar-refractivity contribution >= 4 is 23.9 Å². The van der Waals surface area contributed by atoms with Crippen LogP contribution in [0.25, 0.3) is 6.08 Å². The minimum absolute atomic E-state index is 0.181. The van der Waals surface area contributed by atoms with Gasteiger partial charge in [0.15, 0.2) is 18.1 Å². The van der Waals surface area contributed by atoms with Crippen LogP contribution in [-0.2, 0) is 30.3 Å². The van der Waals surface area contributed by atoms with Gasteiger partial charge in [0.1, 0.15) is 5.57 Å². The van der Waals surface area contributed by atoms with Crippen molar-refractivity contribution < 1.29 is 33.3 Å². The fourth-order valence-electron chi connectivity index (χ4n) is 3.02. The van der Waals surface area contributed by atoms with Crippen LogP contribution in [-0.4, -0.2) is 43.9 Å². The van der Waals surface area contributed by atoms with Crippen LogP contribution in [0.1, 0.15) is 25.0 Å². The van der Waals surface area contributed by atoms with Gasteiger partial charge in [-0.25, -0.2) is 9.59 Å².